The van der Waals surface area contributed by atoms with Crippen molar-refractivity contribution in [3.8, 4) is 0 Å². The molecule has 0 amide bonds. The third-order valence-electron chi connectivity index (χ3n) is 11.4. The zero-order valence-corrected chi connectivity index (χ0v) is 42.4. The highest BCUT2D eigenvalue weighted by atomic mass is 16.5. The van der Waals surface area contributed by atoms with Crippen LogP contribution >= 0.6 is 0 Å². The maximum Gasteiger partial charge on any atom is 0.306 e. The molecule has 2 atom stereocenters. The summed E-state index contributed by atoms with van der Waals surface area (Å²) in [7, 11) is 0. The maximum absolute atomic E-state index is 11.7. The van der Waals surface area contributed by atoms with Gasteiger partial charge in [-0.3, -0.25) is 19.2 Å². The first-order chi connectivity index (χ1) is 29.9. The van der Waals surface area contributed by atoms with Crippen LogP contribution in [0.5, 0.6) is 0 Å². The fourth-order valence-corrected chi connectivity index (χ4v) is 7.28. The molecule has 0 bridgehead atoms. The van der Waals surface area contributed by atoms with Crippen LogP contribution in [0.4, 0.5) is 0 Å². The summed E-state index contributed by atoms with van der Waals surface area (Å²) >= 11 is 0. The van der Waals surface area contributed by atoms with Gasteiger partial charge in [-0.25, -0.2) is 0 Å². The van der Waals surface area contributed by atoms with Gasteiger partial charge in [0.1, 0.15) is 0 Å². The van der Waals surface area contributed by atoms with E-state index in [1.165, 1.54) is 128 Å². The summed E-state index contributed by atoms with van der Waals surface area (Å²) < 4.78 is 20.9. The SMILES string of the molecule is CC(C)COC(=O)CCCCCCCCCCCCCCC(C)CC(=O)OCC(C)C.CCCCOC(=O)CCCCCCCCCCCCCCC(C)CC(=O)OCCCC. The summed E-state index contributed by atoms with van der Waals surface area (Å²) in [5.41, 5.74) is 0. The topological polar surface area (TPSA) is 105 Å². The minimum atomic E-state index is -0.0367. The van der Waals surface area contributed by atoms with Crippen molar-refractivity contribution >= 4 is 23.9 Å². The monoisotopic (exact) mass is 881 g/mol. The van der Waals surface area contributed by atoms with Crippen molar-refractivity contribution in [1.82, 2.24) is 0 Å². The van der Waals surface area contributed by atoms with E-state index in [1.807, 2.05) is 0 Å². The fraction of sp³-hybridized carbons (Fsp3) is 0.926. The van der Waals surface area contributed by atoms with Crippen LogP contribution in [0.15, 0.2) is 0 Å². The lowest BCUT2D eigenvalue weighted by Gasteiger charge is -2.12. The third kappa shape index (κ3) is 52.2. The first-order valence-corrected chi connectivity index (χ1v) is 26.5. The highest BCUT2D eigenvalue weighted by Crippen LogP contribution is 2.19. The number of ether oxygens (including phenoxy) is 4. The molecule has 2 unspecified atom stereocenters. The Morgan fingerprint density at radius 1 is 0.323 bits per heavy atom. The molecule has 8 nitrogen and oxygen atoms in total. The molecule has 0 fully saturated rings. The van der Waals surface area contributed by atoms with E-state index in [4.69, 9.17) is 18.9 Å². The molecule has 0 radical (unpaired) electrons. The van der Waals surface area contributed by atoms with Crippen LogP contribution in [0.2, 0.25) is 0 Å². The molecule has 0 saturated heterocycles. The minimum Gasteiger partial charge on any atom is -0.466 e. The number of hydrogen-bond acceptors (Lipinski definition) is 8. The van der Waals surface area contributed by atoms with Crippen LogP contribution in [-0.4, -0.2) is 50.3 Å². The molecule has 0 aliphatic rings. The summed E-state index contributed by atoms with van der Waals surface area (Å²) in [6.45, 7) is 19.1. The van der Waals surface area contributed by atoms with E-state index in [1.54, 1.807) is 0 Å². The van der Waals surface area contributed by atoms with Gasteiger partial charge >= 0.3 is 23.9 Å². The van der Waals surface area contributed by atoms with E-state index in [-0.39, 0.29) is 23.9 Å². The van der Waals surface area contributed by atoms with E-state index in [0.29, 0.717) is 75.8 Å². The quantitative estimate of drug-likeness (QED) is 0.0338. The zero-order chi connectivity index (χ0) is 46.3. The molecule has 62 heavy (non-hydrogen) atoms. The second-order valence-corrected chi connectivity index (χ2v) is 19.5. The molecule has 0 aromatic carbocycles. The smallest absolute Gasteiger partial charge is 0.306 e. The van der Waals surface area contributed by atoms with Crippen molar-refractivity contribution in [2.75, 3.05) is 26.4 Å². The van der Waals surface area contributed by atoms with E-state index in [0.717, 1.165) is 64.2 Å². The number of carbonyl (C=O) groups excluding carboxylic acids is 4. The molecular weight excluding hydrogens is 777 g/mol. The predicted octanol–water partition coefficient (Wildman–Crippen LogP) is 16.0. The van der Waals surface area contributed by atoms with Crippen LogP contribution < -0.4 is 0 Å². The Balaban J connectivity index is 0. The molecule has 0 aliphatic carbocycles. The number of carbonyl (C=O) groups is 4. The van der Waals surface area contributed by atoms with Gasteiger partial charge in [-0.2, -0.15) is 0 Å². The zero-order valence-electron chi connectivity index (χ0n) is 42.4. The van der Waals surface area contributed by atoms with Gasteiger partial charge in [0, 0.05) is 25.7 Å². The van der Waals surface area contributed by atoms with Gasteiger partial charge in [-0.1, -0.05) is 222 Å². The second kappa shape index (κ2) is 48.3. The molecule has 0 saturated carbocycles. The highest BCUT2D eigenvalue weighted by Gasteiger charge is 2.12. The van der Waals surface area contributed by atoms with Crippen LogP contribution in [0.25, 0.3) is 0 Å². The van der Waals surface area contributed by atoms with Gasteiger partial charge in [0.2, 0.25) is 0 Å². The predicted molar refractivity (Wildman–Crippen MR) is 260 cm³/mol. The number of esters is 4. The lowest BCUT2D eigenvalue weighted by molar-refractivity contribution is -0.146. The van der Waals surface area contributed by atoms with E-state index in [2.05, 4.69) is 55.4 Å². The summed E-state index contributed by atoms with van der Waals surface area (Å²) in [6, 6.07) is 0. The average Bonchev–Trinajstić information content (AvgIpc) is 3.22. The lowest BCUT2D eigenvalue weighted by Crippen LogP contribution is -2.13. The molecule has 0 rings (SSSR count). The lowest BCUT2D eigenvalue weighted by atomic mass is 9.98. The van der Waals surface area contributed by atoms with E-state index < -0.39 is 0 Å². The number of hydrogen-bond donors (Lipinski definition) is 0. The summed E-state index contributed by atoms with van der Waals surface area (Å²) in [6.07, 6.45) is 39.0. The van der Waals surface area contributed by atoms with Gasteiger partial charge in [-0.05, 0) is 49.4 Å². The summed E-state index contributed by atoms with van der Waals surface area (Å²) in [4.78, 5) is 46.4. The Morgan fingerprint density at radius 2 is 0.581 bits per heavy atom. The van der Waals surface area contributed by atoms with Crippen LogP contribution in [0, 0.1) is 23.7 Å². The van der Waals surface area contributed by atoms with E-state index in [9.17, 15) is 19.2 Å². The average molecular weight is 881 g/mol. The molecule has 0 aromatic rings. The maximum atomic E-state index is 11.7. The first-order valence-electron chi connectivity index (χ1n) is 26.5. The molecule has 0 aliphatic heterocycles. The Morgan fingerprint density at radius 3 is 0.903 bits per heavy atom. The van der Waals surface area contributed by atoms with Crippen LogP contribution in [0.3, 0.4) is 0 Å². The minimum absolute atomic E-state index is 0.0205. The van der Waals surface area contributed by atoms with Gasteiger partial charge in [-0.15, -0.1) is 0 Å². The molecule has 368 valence electrons. The Kier molecular flexibility index (Phi) is 48.3. The van der Waals surface area contributed by atoms with Crippen LogP contribution in [-0.2, 0) is 38.1 Å². The number of unbranched alkanes of at least 4 members (excludes halogenated alkanes) is 24. The van der Waals surface area contributed by atoms with Gasteiger partial charge in [0.25, 0.3) is 0 Å². The van der Waals surface area contributed by atoms with Crippen molar-refractivity contribution in [2.45, 2.75) is 274 Å². The normalized spacial score (nSPS) is 12.2. The standard InChI is InChI=1S/2C27H52O4/c1-23(2)21-30-26(28)19-17-15-13-11-9-7-6-8-10-12-14-16-18-25(5)20-27(29)31-22-24(3)4;1-4-6-22-30-26(28)21-19-17-15-13-11-9-8-10-12-14-16-18-20-25(3)24-27(29)31-23-7-5-2/h23-25H,6-22H2,1-5H3;25H,4-24H2,1-3H3. The molecular formula is C54H104O8. The van der Waals surface area contributed by atoms with Gasteiger partial charge in [0.05, 0.1) is 26.4 Å². The van der Waals surface area contributed by atoms with Gasteiger partial charge in [0.15, 0.2) is 0 Å². The van der Waals surface area contributed by atoms with Crippen molar-refractivity contribution in [1.29, 1.82) is 0 Å². The van der Waals surface area contributed by atoms with Crippen LogP contribution in [0.1, 0.15) is 274 Å². The van der Waals surface area contributed by atoms with Crippen molar-refractivity contribution in [2.24, 2.45) is 23.7 Å². The largest absolute Gasteiger partial charge is 0.466 e. The molecule has 0 heterocycles. The Hall–Kier alpha value is -2.12. The molecule has 8 heteroatoms. The second-order valence-electron chi connectivity index (χ2n) is 19.5. The molecule has 0 spiro atoms. The number of rotatable bonds is 44. The van der Waals surface area contributed by atoms with E-state index >= 15 is 0 Å². The first kappa shape index (κ1) is 62.0. The van der Waals surface area contributed by atoms with Crippen molar-refractivity contribution < 1.29 is 38.1 Å². The van der Waals surface area contributed by atoms with Crippen molar-refractivity contribution in [3.63, 3.8) is 0 Å². The fourth-order valence-electron chi connectivity index (χ4n) is 7.28. The highest BCUT2D eigenvalue weighted by molar-refractivity contribution is 5.70. The van der Waals surface area contributed by atoms with Crippen molar-refractivity contribution in [3.05, 3.63) is 0 Å². The Labute approximate surface area is 384 Å². The molecule has 0 aromatic heterocycles. The Bertz CT molecular complexity index is 995. The summed E-state index contributed by atoms with van der Waals surface area (Å²) in [5, 5.41) is 0. The molecule has 0 N–H and O–H groups in total. The summed E-state index contributed by atoms with van der Waals surface area (Å²) in [5.74, 6) is 1.60. The van der Waals surface area contributed by atoms with Gasteiger partial charge < -0.3 is 18.9 Å². The third-order valence-corrected chi connectivity index (χ3v) is 11.4.